The summed E-state index contributed by atoms with van der Waals surface area (Å²) < 4.78 is 32.6. The lowest BCUT2D eigenvalue weighted by molar-refractivity contribution is -0.161. The molecule has 3 N–H and O–H groups in total. The number of rotatable bonds is 39. The number of carbonyl (C=O) groups is 2. The topological polar surface area (TPSA) is 149 Å². The Hall–Kier alpha value is -3.37. The highest BCUT2D eigenvalue weighted by molar-refractivity contribution is 7.47. The van der Waals surface area contributed by atoms with Crippen LogP contribution in [0.1, 0.15) is 142 Å². The second kappa shape index (κ2) is 42.7. The zero-order valence-electron chi connectivity index (χ0n) is 36.2. The van der Waals surface area contributed by atoms with Gasteiger partial charge in [0.05, 0.1) is 19.8 Å². The summed E-state index contributed by atoms with van der Waals surface area (Å²) in [6.45, 7) is 2.09. The monoisotopic (exact) mass is 845 g/mol. The molecule has 0 aromatic heterocycles. The Kier molecular flexibility index (Phi) is 40.3. The van der Waals surface area contributed by atoms with Crippen LogP contribution in [0.3, 0.4) is 0 Å². The number of phosphoric acid groups is 1. The van der Waals surface area contributed by atoms with Crippen molar-refractivity contribution in [2.75, 3.05) is 26.4 Å². The summed E-state index contributed by atoms with van der Waals surface area (Å²) >= 11 is 0. The third-order valence-corrected chi connectivity index (χ3v) is 9.38. The van der Waals surface area contributed by atoms with E-state index in [0.29, 0.717) is 19.3 Å². The first-order chi connectivity index (χ1) is 28.7. The van der Waals surface area contributed by atoms with Crippen LogP contribution in [0, 0.1) is 0 Å². The first-order valence-corrected chi connectivity index (χ1v) is 23.3. The van der Waals surface area contributed by atoms with E-state index in [1.54, 1.807) is 0 Å². The fourth-order valence-electron chi connectivity index (χ4n) is 5.09. The summed E-state index contributed by atoms with van der Waals surface area (Å²) in [5, 5.41) is 18.3. The van der Waals surface area contributed by atoms with Gasteiger partial charge in [-0.1, -0.05) is 155 Å². The predicted molar refractivity (Wildman–Crippen MR) is 242 cm³/mol. The molecule has 59 heavy (non-hydrogen) atoms. The Morgan fingerprint density at radius 1 is 0.525 bits per heavy atom. The molecule has 11 heteroatoms. The van der Waals surface area contributed by atoms with E-state index in [1.165, 1.54) is 38.5 Å². The van der Waals surface area contributed by atoms with E-state index < -0.39 is 51.8 Å². The van der Waals surface area contributed by atoms with E-state index in [4.69, 9.17) is 19.1 Å². The highest BCUT2D eigenvalue weighted by Crippen LogP contribution is 2.43. The maximum absolute atomic E-state index is 12.6. The lowest BCUT2D eigenvalue weighted by atomic mass is 10.1. The van der Waals surface area contributed by atoms with E-state index in [0.717, 1.165) is 57.8 Å². The zero-order chi connectivity index (χ0) is 43.3. The molecule has 3 atom stereocenters. The minimum atomic E-state index is -4.66. The molecule has 0 saturated heterocycles. The smallest absolute Gasteiger partial charge is 0.462 e. The molecule has 0 radical (unpaired) electrons. The summed E-state index contributed by atoms with van der Waals surface area (Å²) in [6.07, 6.45) is 53.6. The second-order valence-electron chi connectivity index (χ2n) is 14.0. The molecule has 334 valence electrons. The number of phosphoric ester groups is 1. The highest BCUT2D eigenvalue weighted by atomic mass is 31.2. The minimum Gasteiger partial charge on any atom is -0.462 e. The number of allylic oxidation sites excluding steroid dienone is 18. The summed E-state index contributed by atoms with van der Waals surface area (Å²) in [7, 11) is -4.66. The average Bonchev–Trinajstić information content (AvgIpc) is 3.22. The Labute approximate surface area is 356 Å². The Morgan fingerprint density at radius 2 is 0.966 bits per heavy atom. The Bertz CT molecular complexity index is 1340. The minimum absolute atomic E-state index is 0.0417. The average molecular weight is 845 g/mol. The Balaban J connectivity index is 4.53. The van der Waals surface area contributed by atoms with E-state index in [1.807, 2.05) is 18.2 Å². The summed E-state index contributed by atoms with van der Waals surface area (Å²) in [5.41, 5.74) is 0. The van der Waals surface area contributed by atoms with Crippen molar-refractivity contribution in [3.8, 4) is 0 Å². The van der Waals surface area contributed by atoms with Crippen molar-refractivity contribution in [1.82, 2.24) is 0 Å². The molecule has 0 saturated carbocycles. The van der Waals surface area contributed by atoms with Crippen LogP contribution in [0.4, 0.5) is 0 Å². The summed E-state index contributed by atoms with van der Waals surface area (Å²) in [4.78, 5) is 34.9. The molecule has 10 nitrogen and oxygen atoms in total. The van der Waals surface area contributed by atoms with Crippen molar-refractivity contribution < 1.29 is 47.8 Å². The lowest BCUT2D eigenvalue weighted by Gasteiger charge is -2.20. The fraction of sp³-hybridized carbons (Fsp3) is 0.583. The molecule has 0 fully saturated rings. The molecule has 0 bridgehead atoms. The molecule has 0 rings (SSSR count). The van der Waals surface area contributed by atoms with Gasteiger partial charge in [0.15, 0.2) is 6.10 Å². The molecule has 1 unspecified atom stereocenters. The van der Waals surface area contributed by atoms with Gasteiger partial charge in [-0.3, -0.25) is 18.6 Å². The predicted octanol–water partition coefficient (Wildman–Crippen LogP) is 11.8. The molecule has 0 aliphatic heterocycles. The van der Waals surface area contributed by atoms with Crippen molar-refractivity contribution in [1.29, 1.82) is 0 Å². The van der Waals surface area contributed by atoms with Crippen molar-refractivity contribution in [3.63, 3.8) is 0 Å². The van der Waals surface area contributed by atoms with Crippen LogP contribution in [-0.4, -0.2) is 65.7 Å². The van der Waals surface area contributed by atoms with Crippen LogP contribution in [0.25, 0.3) is 0 Å². The summed E-state index contributed by atoms with van der Waals surface area (Å²) in [5.74, 6) is -1.10. The van der Waals surface area contributed by atoms with Crippen LogP contribution in [-0.2, 0) is 32.7 Å². The standard InChI is InChI=1S/C48H77O10P/c1-3-5-7-9-11-13-15-17-19-21-22-24-26-28-30-32-34-36-38-40-48(52)58-46(44-57-59(53,54)56-42-45(50)41-49)43-55-47(51)39-37-35-33-31-29-27-25-23-20-18-16-14-12-10-8-6-4-2/h5,7,11,13,17-20,22,24-25,27-28,30-31,33-34,36,45-46,49-50H,3-4,6,8-10,12,14-16,21,23,26,29,32,35,37-44H2,1-2H3,(H,53,54)/b7-5+,13-11+,19-17+,20-18+,24-22+,27-25+,30-28+,33-31+,36-34+/t45-,46+/m0/s1. The molecule has 0 aromatic carbocycles. The van der Waals surface area contributed by atoms with Gasteiger partial charge in [-0.15, -0.1) is 0 Å². The van der Waals surface area contributed by atoms with Crippen LogP contribution >= 0.6 is 7.82 Å². The molecular weight excluding hydrogens is 767 g/mol. The van der Waals surface area contributed by atoms with Gasteiger partial charge in [0.2, 0.25) is 0 Å². The van der Waals surface area contributed by atoms with Gasteiger partial charge in [0.1, 0.15) is 12.7 Å². The quantitative estimate of drug-likeness (QED) is 0.0236. The van der Waals surface area contributed by atoms with Gasteiger partial charge in [-0.25, -0.2) is 4.57 Å². The number of aliphatic hydroxyl groups is 2. The molecule has 0 amide bonds. The third kappa shape index (κ3) is 42.6. The van der Waals surface area contributed by atoms with Gasteiger partial charge in [-0.2, -0.15) is 0 Å². The fourth-order valence-corrected chi connectivity index (χ4v) is 5.88. The van der Waals surface area contributed by atoms with Gasteiger partial charge < -0.3 is 24.6 Å². The molecule has 0 aliphatic carbocycles. The van der Waals surface area contributed by atoms with Crippen molar-refractivity contribution >= 4 is 19.8 Å². The molecule has 0 aromatic rings. The van der Waals surface area contributed by atoms with Gasteiger partial charge in [0, 0.05) is 12.8 Å². The normalized spacial score (nSPS) is 14.9. The highest BCUT2D eigenvalue weighted by Gasteiger charge is 2.27. The first-order valence-electron chi connectivity index (χ1n) is 21.8. The van der Waals surface area contributed by atoms with E-state index in [9.17, 15) is 24.2 Å². The van der Waals surface area contributed by atoms with Crippen molar-refractivity contribution in [3.05, 3.63) is 109 Å². The molecule has 0 heterocycles. The number of carbonyl (C=O) groups excluding carboxylic acids is 2. The van der Waals surface area contributed by atoms with Gasteiger partial charge in [-0.05, 0) is 83.5 Å². The number of hydrogen-bond acceptors (Lipinski definition) is 9. The van der Waals surface area contributed by atoms with Crippen LogP contribution in [0.2, 0.25) is 0 Å². The zero-order valence-corrected chi connectivity index (χ0v) is 37.1. The Morgan fingerprint density at radius 3 is 1.47 bits per heavy atom. The van der Waals surface area contributed by atoms with E-state index in [2.05, 4.69) is 110 Å². The second-order valence-corrected chi connectivity index (χ2v) is 15.4. The summed E-state index contributed by atoms with van der Waals surface area (Å²) in [6, 6.07) is 0. The molecule has 0 spiro atoms. The third-order valence-electron chi connectivity index (χ3n) is 8.42. The number of unbranched alkanes of at least 4 members (excludes halogenated alkanes) is 7. The maximum atomic E-state index is 12.6. The van der Waals surface area contributed by atoms with E-state index >= 15 is 0 Å². The van der Waals surface area contributed by atoms with Crippen LogP contribution < -0.4 is 0 Å². The van der Waals surface area contributed by atoms with Crippen LogP contribution in [0.5, 0.6) is 0 Å². The SMILES string of the molecule is CC/C=C/C/C=C/C/C=C/C/C=C/C/C=C/C/C=C/CCC(=O)O[C@H](COC(=O)CCC/C=C/C/C=C/C/C=C/CCCCCCCC)COP(=O)(O)OC[C@@H](O)CO. The molecular formula is C48H77O10P. The molecule has 0 aliphatic rings. The number of aliphatic hydroxyl groups excluding tert-OH is 2. The van der Waals surface area contributed by atoms with Gasteiger partial charge in [0.25, 0.3) is 0 Å². The van der Waals surface area contributed by atoms with E-state index in [-0.39, 0.29) is 19.4 Å². The number of ether oxygens (including phenoxy) is 2. The lowest BCUT2D eigenvalue weighted by Crippen LogP contribution is -2.29. The number of hydrogen-bond donors (Lipinski definition) is 3. The van der Waals surface area contributed by atoms with Crippen molar-refractivity contribution in [2.45, 2.75) is 154 Å². The number of esters is 2. The van der Waals surface area contributed by atoms with Crippen molar-refractivity contribution in [2.24, 2.45) is 0 Å². The van der Waals surface area contributed by atoms with Gasteiger partial charge >= 0.3 is 19.8 Å². The largest absolute Gasteiger partial charge is 0.472 e. The maximum Gasteiger partial charge on any atom is 0.472 e. The van der Waals surface area contributed by atoms with Crippen LogP contribution in [0.15, 0.2) is 109 Å². The first kappa shape index (κ1) is 55.6.